The van der Waals surface area contributed by atoms with Crippen molar-refractivity contribution in [2.24, 2.45) is 16.7 Å². The SMILES string of the molecule is [C-]#[N+]C1C[C@]2(C)CNC(=O)C[C@H]2C(C)(C)C1=O. The fourth-order valence-electron chi connectivity index (χ4n) is 3.51. The van der Waals surface area contributed by atoms with Crippen LogP contribution >= 0.6 is 0 Å². The molecule has 2 aliphatic rings. The molecule has 1 N–H and O–H groups in total. The van der Waals surface area contributed by atoms with Gasteiger partial charge in [0.05, 0.1) is 0 Å². The number of nitrogens with zero attached hydrogens (tertiary/aromatic N) is 1. The van der Waals surface area contributed by atoms with Crippen molar-refractivity contribution in [3.63, 3.8) is 0 Å². The fourth-order valence-corrected chi connectivity index (χ4v) is 3.51. The number of piperidine rings is 1. The molecule has 92 valence electrons. The summed E-state index contributed by atoms with van der Waals surface area (Å²) < 4.78 is 0. The van der Waals surface area contributed by atoms with Gasteiger partial charge in [0.25, 0.3) is 6.04 Å². The number of ketones is 1. The molecule has 1 saturated carbocycles. The van der Waals surface area contributed by atoms with Crippen molar-refractivity contribution < 1.29 is 9.59 Å². The van der Waals surface area contributed by atoms with E-state index < -0.39 is 11.5 Å². The lowest BCUT2D eigenvalue weighted by molar-refractivity contribution is -0.147. The Labute approximate surface area is 102 Å². The zero-order valence-corrected chi connectivity index (χ0v) is 10.5. The maximum absolute atomic E-state index is 12.2. The van der Waals surface area contributed by atoms with Crippen molar-refractivity contribution in [2.75, 3.05) is 6.54 Å². The molecule has 1 saturated heterocycles. The predicted molar refractivity (Wildman–Crippen MR) is 63.0 cm³/mol. The second-order valence-electron chi connectivity index (χ2n) is 6.12. The Balaban J connectivity index is 2.41. The second-order valence-corrected chi connectivity index (χ2v) is 6.12. The topological polar surface area (TPSA) is 50.5 Å². The molecule has 0 aromatic heterocycles. The van der Waals surface area contributed by atoms with E-state index in [9.17, 15) is 9.59 Å². The van der Waals surface area contributed by atoms with Crippen LogP contribution in [0.5, 0.6) is 0 Å². The van der Waals surface area contributed by atoms with Gasteiger partial charge in [0.2, 0.25) is 11.7 Å². The molecule has 0 aromatic rings. The van der Waals surface area contributed by atoms with Crippen molar-refractivity contribution in [1.29, 1.82) is 0 Å². The molecule has 2 rings (SSSR count). The van der Waals surface area contributed by atoms with Gasteiger partial charge < -0.3 is 10.2 Å². The Bertz CT molecular complexity index is 422. The summed E-state index contributed by atoms with van der Waals surface area (Å²) in [6, 6.07) is -0.541. The van der Waals surface area contributed by atoms with E-state index in [2.05, 4.69) is 17.1 Å². The fraction of sp³-hybridized carbons (Fsp3) is 0.769. The van der Waals surface area contributed by atoms with Gasteiger partial charge in [-0.3, -0.25) is 9.59 Å². The summed E-state index contributed by atoms with van der Waals surface area (Å²) in [5, 5.41) is 2.87. The minimum atomic E-state index is -0.569. The lowest BCUT2D eigenvalue weighted by Gasteiger charge is -2.51. The molecule has 0 bridgehead atoms. The standard InChI is InChI=1S/C13H18N2O2/c1-12(2)9-5-10(16)15-7-13(9,3)6-8(14-4)11(12)17/h8-9H,5-7H2,1-3H3,(H,15,16)/t8?,9-,13+/m0/s1. The lowest BCUT2D eigenvalue weighted by atomic mass is 9.52. The Morgan fingerprint density at radius 2 is 2.00 bits per heavy atom. The summed E-state index contributed by atoms with van der Waals surface area (Å²) in [7, 11) is 0. The number of amides is 1. The molecule has 1 unspecified atom stereocenters. The van der Waals surface area contributed by atoms with E-state index in [-0.39, 0.29) is 23.0 Å². The normalized spacial score (nSPS) is 40.1. The quantitative estimate of drug-likeness (QED) is 0.644. The van der Waals surface area contributed by atoms with Crippen molar-refractivity contribution in [3.8, 4) is 0 Å². The summed E-state index contributed by atoms with van der Waals surface area (Å²) in [4.78, 5) is 27.2. The van der Waals surface area contributed by atoms with Crippen LogP contribution in [-0.2, 0) is 9.59 Å². The molecule has 4 heteroatoms. The maximum Gasteiger partial charge on any atom is 0.282 e. The third-order valence-corrected chi connectivity index (χ3v) is 4.54. The van der Waals surface area contributed by atoms with Gasteiger partial charge in [0.1, 0.15) is 0 Å². The molecule has 4 nitrogen and oxygen atoms in total. The zero-order chi connectivity index (χ0) is 12.8. The third-order valence-electron chi connectivity index (χ3n) is 4.54. The molecule has 0 aromatic carbocycles. The van der Waals surface area contributed by atoms with Crippen LogP contribution in [0.4, 0.5) is 0 Å². The van der Waals surface area contributed by atoms with E-state index in [1.807, 2.05) is 13.8 Å². The predicted octanol–water partition coefficient (Wildman–Crippen LogP) is 1.42. The average Bonchev–Trinajstić information content (AvgIpc) is 2.27. The first-order valence-electron chi connectivity index (χ1n) is 5.99. The second kappa shape index (κ2) is 3.56. The number of hydrogen-bond donors (Lipinski definition) is 1. The van der Waals surface area contributed by atoms with Crippen molar-refractivity contribution >= 4 is 11.7 Å². The number of hydrogen-bond acceptors (Lipinski definition) is 2. The summed E-state index contributed by atoms with van der Waals surface area (Å²) in [6.07, 6.45) is 0.976. The van der Waals surface area contributed by atoms with Crippen molar-refractivity contribution in [2.45, 2.75) is 39.7 Å². The van der Waals surface area contributed by atoms with E-state index >= 15 is 0 Å². The first-order chi connectivity index (χ1) is 7.81. The van der Waals surface area contributed by atoms with Crippen LogP contribution in [-0.4, -0.2) is 24.3 Å². The molecule has 1 aliphatic heterocycles. The van der Waals surface area contributed by atoms with Gasteiger partial charge >= 0.3 is 0 Å². The number of carbonyl (C=O) groups is 2. The summed E-state index contributed by atoms with van der Waals surface area (Å²) in [5.41, 5.74) is -0.694. The summed E-state index contributed by atoms with van der Waals surface area (Å²) >= 11 is 0. The van der Waals surface area contributed by atoms with Gasteiger partial charge in [-0.05, 0) is 11.3 Å². The molecule has 0 radical (unpaired) electrons. The van der Waals surface area contributed by atoms with Gasteiger partial charge in [-0.15, -0.1) is 0 Å². The van der Waals surface area contributed by atoms with Crippen LogP contribution in [0.15, 0.2) is 0 Å². The van der Waals surface area contributed by atoms with Crippen LogP contribution in [0.25, 0.3) is 4.85 Å². The van der Waals surface area contributed by atoms with E-state index in [0.29, 0.717) is 19.4 Å². The first-order valence-corrected chi connectivity index (χ1v) is 5.99. The molecule has 1 amide bonds. The van der Waals surface area contributed by atoms with Gasteiger partial charge in [-0.25, -0.2) is 6.57 Å². The number of carbonyl (C=O) groups excluding carboxylic acids is 2. The highest BCUT2D eigenvalue weighted by atomic mass is 16.2. The van der Waals surface area contributed by atoms with E-state index in [1.54, 1.807) is 0 Å². The largest absolute Gasteiger partial charge is 0.356 e. The molecule has 17 heavy (non-hydrogen) atoms. The average molecular weight is 234 g/mol. The zero-order valence-electron chi connectivity index (χ0n) is 10.5. The van der Waals surface area contributed by atoms with E-state index in [4.69, 9.17) is 6.57 Å². The molecule has 3 atom stereocenters. The first kappa shape index (κ1) is 12.1. The van der Waals surface area contributed by atoms with Crippen LogP contribution < -0.4 is 5.32 Å². The van der Waals surface area contributed by atoms with Crippen LogP contribution in [0.1, 0.15) is 33.6 Å². The Hall–Kier alpha value is -1.37. The Kier molecular flexibility index (Phi) is 2.53. The van der Waals surface area contributed by atoms with Gasteiger partial charge in [-0.2, -0.15) is 0 Å². The van der Waals surface area contributed by atoms with Gasteiger partial charge in [-0.1, -0.05) is 20.8 Å². The monoisotopic (exact) mass is 234 g/mol. The van der Waals surface area contributed by atoms with Gasteiger partial charge in [0.15, 0.2) is 0 Å². The molecular formula is C13H18N2O2. The van der Waals surface area contributed by atoms with Crippen LogP contribution in [0, 0.1) is 23.3 Å². The Morgan fingerprint density at radius 1 is 1.35 bits per heavy atom. The highest BCUT2D eigenvalue weighted by Gasteiger charge is 2.59. The van der Waals surface area contributed by atoms with Crippen LogP contribution in [0.3, 0.4) is 0 Å². The van der Waals surface area contributed by atoms with E-state index in [1.165, 1.54) is 0 Å². The Morgan fingerprint density at radius 3 is 2.59 bits per heavy atom. The van der Waals surface area contributed by atoms with E-state index in [0.717, 1.165) is 0 Å². The van der Waals surface area contributed by atoms with Crippen LogP contribution in [0.2, 0.25) is 0 Å². The molecular weight excluding hydrogens is 216 g/mol. The molecule has 1 heterocycles. The minimum absolute atomic E-state index is 0.00433. The van der Waals surface area contributed by atoms with Gasteiger partial charge in [0, 0.05) is 24.8 Å². The molecule has 1 aliphatic carbocycles. The smallest absolute Gasteiger partial charge is 0.282 e. The maximum atomic E-state index is 12.2. The molecule has 2 fully saturated rings. The number of fused-ring (bicyclic) bond motifs is 1. The highest BCUT2D eigenvalue weighted by Crippen LogP contribution is 2.52. The third kappa shape index (κ3) is 1.65. The molecule has 0 spiro atoms. The summed E-state index contributed by atoms with van der Waals surface area (Å²) in [6.45, 7) is 13.6. The number of rotatable bonds is 0. The number of nitrogens with one attached hydrogen (secondary N) is 1. The number of Topliss-reactive ketones (excluding diaryl/α,β-unsaturated/α-hetero) is 1. The highest BCUT2D eigenvalue weighted by molar-refractivity contribution is 5.93. The van der Waals surface area contributed by atoms with Crippen molar-refractivity contribution in [1.82, 2.24) is 5.32 Å². The lowest BCUT2D eigenvalue weighted by Crippen LogP contribution is -2.60. The van der Waals surface area contributed by atoms with Crippen molar-refractivity contribution in [3.05, 3.63) is 11.4 Å². The summed E-state index contributed by atoms with van der Waals surface area (Å²) in [5.74, 6) is 0.0773. The minimum Gasteiger partial charge on any atom is -0.356 e.